The molecule has 1 unspecified atom stereocenters. The number of hydrogen-bond donors (Lipinski definition) is 1. The molecule has 0 radical (unpaired) electrons. The molecular weight excluding hydrogens is 254 g/mol. The predicted octanol–water partition coefficient (Wildman–Crippen LogP) is 0.586. The molecule has 0 aliphatic carbocycles. The molecule has 0 bridgehead atoms. The maximum Gasteiger partial charge on any atom is 0.211 e. The van der Waals surface area contributed by atoms with Crippen LogP contribution in [0.15, 0.2) is 0 Å². The fourth-order valence-electron chi connectivity index (χ4n) is 1.07. The molecule has 0 spiro atoms. The minimum Gasteiger partial charge on any atom is -0.382 e. The highest BCUT2D eigenvalue weighted by molar-refractivity contribution is 7.89. The summed E-state index contributed by atoms with van der Waals surface area (Å²) in [6, 6.07) is 0. The lowest BCUT2D eigenvalue weighted by atomic mass is 10.4. The van der Waals surface area contributed by atoms with E-state index in [0.29, 0.717) is 25.3 Å². The normalized spacial score (nSPS) is 13.9. The molecule has 0 rings (SSSR count). The van der Waals surface area contributed by atoms with Gasteiger partial charge in [0, 0.05) is 26.6 Å². The zero-order valence-corrected chi connectivity index (χ0v) is 11.3. The molecule has 0 aromatic carbocycles. The Morgan fingerprint density at radius 2 is 2.00 bits per heavy atom. The van der Waals surface area contributed by atoms with Crippen LogP contribution in [0.3, 0.4) is 0 Å². The van der Waals surface area contributed by atoms with Crippen molar-refractivity contribution in [3.63, 3.8) is 0 Å². The first-order valence-electron chi connectivity index (χ1n) is 5.10. The van der Waals surface area contributed by atoms with Gasteiger partial charge in [-0.15, -0.1) is 11.6 Å². The Morgan fingerprint density at radius 1 is 1.31 bits per heavy atom. The number of methoxy groups -OCH3 is 2. The standard InChI is InChI=1S/C9H20ClNO4S/c1-14-8-9(15-2)7-11-16(12,13)6-4-3-5-10/h9,11H,3-8H2,1-2H3. The molecule has 0 fully saturated rings. The molecule has 0 aromatic heterocycles. The minimum atomic E-state index is -3.22. The van der Waals surface area contributed by atoms with Gasteiger partial charge in [-0.3, -0.25) is 0 Å². The number of halogens is 1. The van der Waals surface area contributed by atoms with Gasteiger partial charge in [-0.1, -0.05) is 0 Å². The number of hydrogen-bond acceptors (Lipinski definition) is 4. The molecule has 0 saturated heterocycles. The number of ether oxygens (including phenoxy) is 2. The van der Waals surface area contributed by atoms with Crippen LogP contribution in [0.1, 0.15) is 12.8 Å². The third-order valence-electron chi connectivity index (χ3n) is 2.01. The summed E-state index contributed by atoms with van der Waals surface area (Å²) in [7, 11) is -0.160. The second-order valence-electron chi connectivity index (χ2n) is 3.38. The summed E-state index contributed by atoms with van der Waals surface area (Å²) in [6.45, 7) is 0.592. The van der Waals surface area contributed by atoms with Crippen molar-refractivity contribution < 1.29 is 17.9 Å². The first kappa shape index (κ1) is 16.1. The molecule has 16 heavy (non-hydrogen) atoms. The fraction of sp³-hybridized carbons (Fsp3) is 1.00. The topological polar surface area (TPSA) is 64.6 Å². The van der Waals surface area contributed by atoms with Gasteiger partial charge in [-0.25, -0.2) is 13.1 Å². The van der Waals surface area contributed by atoms with Gasteiger partial charge in [0.05, 0.1) is 18.5 Å². The summed E-state index contributed by atoms with van der Waals surface area (Å²) in [5.41, 5.74) is 0. The molecule has 98 valence electrons. The van der Waals surface area contributed by atoms with Crippen molar-refractivity contribution in [3.05, 3.63) is 0 Å². The van der Waals surface area contributed by atoms with E-state index in [1.165, 1.54) is 7.11 Å². The molecule has 7 heteroatoms. The van der Waals surface area contributed by atoms with E-state index in [2.05, 4.69) is 4.72 Å². The van der Waals surface area contributed by atoms with Crippen molar-refractivity contribution in [3.8, 4) is 0 Å². The van der Waals surface area contributed by atoms with Crippen molar-refractivity contribution in [2.45, 2.75) is 18.9 Å². The molecular formula is C9H20ClNO4S. The van der Waals surface area contributed by atoms with Gasteiger partial charge in [0.2, 0.25) is 10.0 Å². The summed E-state index contributed by atoms with van der Waals surface area (Å²) in [4.78, 5) is 0. The van der Waals surface area contributed by atoms with E-state index in [1.807, 2.05) is 0 Å². The average molecular weight is 274 g/mol. The first-order valence-corrected chi connectivity index (χ1v) is 7.29. The third kappa shape index (κ3) is 8.29. The Labute approximate surface area is 102 Å². The monoisotopic (exact) mass is 273 g/mol. The second-order valence-corrected chi connectivity index (χ2v) is 5.68. The van der Waals surface area contributed by atoms with Gasteiger partial charge in [-0.05, 0) is 12.8 Å². The summed E-state index contributed by atoms with van der Waals surface area (Å²) in [6.07, 6.45) is 1.02. The van der Waals surface area contributed by atoms with Crippen LogP contribution in [-0.2, 0) is 19.5 Å². The number of alkyl halides is 1. The Balaban J connectivity index is 3.87. The second kappa shape index (κ2) is 9.18. The van der Waals surface area contributed by atoms with E-state index in [-0.39, 0.29) is 18.4 Å². The van der Waals surface area contributed by atoms with Crippen LogP contribution in [0, 0.1) is 0 Å². The van der Waals surface area contributed by atoms with E-state index in [1.54, 1.807) is 7.11 Å². The van der Waals surface area contributed by atoms with E-state index >= 15 is 0 Å². The van der Waals surface area contributed by atoms with Crippen LogP contribution in [0.25, 0.3) is 0 Å². The van der Waals surface area contributed by atoms with Gasteiger partial charge >= 0.3 is 0 Å². The zero-order chi connectivity index (χ0) is 12.4. The Morgan fingerprint density at radius 3 is 2.50 bits per heavy atom. The van der Waals surface area contributed by atoms with Crippen molar-refractivity contribution in [1.82, 2.24) is 4.72 Å². The molecule has 0 aliphatic rings. The first-order chi connectivity index (χ1) is 7.55. The zero-order valence-electron chi connectivity index (χ0n) is 9.74. The maximum atomic E-state index is 11.5. The lowest BCUT2D eigenvalue weighted by Crippen LogP contribution is -2.36. The Bertz CT molecular complexity index is 258. The molecule has 1 N–H and O–H groups in total. The predicted molar refractivity (Wildman–Crippen MR) is 64.4 cm³/mol. The summed E-state index contributed by atoms with van der Waals surface area (Å²) in [5.74, 6) is 0.586. The van der Waals surface area contributed by atoms with E-state index < -0.39 is 10.0 Å². The van der Waals surface area contributed by atoms with Crippen LogP contribution in [-0.4, -0.2) is 53.5 Å². The van der Waals surface area contributed by atoms with Crippen LogP contribution in [0.2, 0.25) is 0 Å². The van der Waals surface area contributed by atoms with Crippen molar-refractivity contribution in [1.29, 1.82) is 0 Å². The molecule has 0 saturated carbocycles. The van der Waals surface area contributed by atoms with Gasteiger partial charge in [0.25, 0.3) is 0 Å². The number of rotatable bonds is 10. The van der Waals surface area contributed by atoms with Crippen LogP contribution in [0.5, 0.6) is 0 Å². The van der Waals surface area contributed by atoms with Crippen LogP contribution in [0.4, 0.5) is 0 Å². The van der Waals surface area contributed by atoms with Gasteiger partial charge < -0.3 is 9.47 Å². The van der Waals surface area contributed by atoms with Crippen molar-refractivity contribution >= 4 is 21.6 Å². The Hall–Kier alpha value is 0.120. The van der Waals surface area contributed by atoms with Crippen molar-refractivity contribution in [2.24, 2.45) is 0 Å². The van der Waals surface area contributed by atoms with Gasteiger partial charge in [-0.2, -0.15) is 0 Å². The lowest BCUT2D eigenvalue weighted by Gasteiger charge is -2.15. The van der Waals surface area contributed by atoms with E-state index in [9.17, 15) is 8.42 Å². The lowest BCUT2D eigenvalue weighted by molar-refractivity contribution is 0.0320. The number of unbranched alkanes of at least 4 members (excludes halogenated alkanes) is 1. The van der Waals surface area contributed by atoms with Crippen LogP contribution < -0.4 is 4.72 Å². The van der Waals surface area contributed by atoms with E-state index in [4.69, 9.17) is 21.1 Å². The molecule has 1 atom stereocenters. The quantitative estimate of drug-likeness (QED) is 0.467. The van der Waals surface area contributed by atoms with Gasteiger partial charge in [0.1, 0.15) is 0 Å². The molecule has 0 amide bonds. The SMILES string of the molecule is COCC(CNS(=O)(=O)CCCCCl)OC. The molecule has 0 aromatic rings. The summed E-state index contributed by atoms with van der Waals surface area (Å²) in [5, 5.41) is 0. The minimum absolute atomic E-state index is 0.100. The summed E-state index contributed by atoms with van der Waals surface area (Å²) >= 11 is 5.47. The van der Waals surface area contributed by atoms with E-state index in [0.717, 1.165) is 0 Å². The number of sulfonamides is 1. The molecule has 5 nitrogen and oxygen atoms in total. The molecule has 0 aliphatic heterocycles. The highest BCUT2D eigenvalue weighted by atomic mass is 35.5. The van der Waals surface area contributed by atoms with Gasteiger partial charge in [0.15, 0.2) is 0 Å². The highest BCUT2D eigenvalue weighted by Crippen LogP contribution is 1.97. The maximum absolute atomic E-state index is 11.5. The smallest absolute Gasteiger partial charge is 0.211 e. The largest absolute Gasteiger partial charge is 0.382 e. The van der Waals surface area contributed by atoms with Crippen molar-refractivity contribution in [2.75, 3.05) is 39.0 Å². The van der Waals surface area contributed by atoms with Crippen LogP contribution >= 0.6 is 11.6 Å². The summed E-state index contributed by atoms with van der Waals surface area (Å²) < 4.78 is 35.4. The number of nitrogens with one attached hydrogen (secondary N) is 1. The third-order valence-corrected chi connectivity index (χ3v) is 3.71. The Kier molecular flexibility index (Phi) is 9.25. The molecule has 0 heterocycles. The fourth-order valence-corrected chi connectivity index (χ4v) is 2.43. The highest BCUT2D eigenvalue weighted by Gasteiger charge is 2.13. The average Bonchev–Trinajstić information content (AvgIpc) is 2.24.